The van der Waals surface area contributed by atoms with Crippen LogP contribution in [-0.4, -0.2) is 43.0 Å². The van der Waals surface area contributed by atoms with Crippen molar-refractivity contribution in [1.29, 1.82) is 0 Å². The number of nitrogens with zero attached hydrogens (tertiary/aromatic N) is 1. The Morgan fingerprint density at radius 1 is 1.33 bits per heavy atom. The molecule has 0 radical (unpaired) electrons. The monoisotopic (exact) mass is 255 g/mol. The SMILES string of the molecule is CC(C)C[C@H](N)C(=O)NCC1(N(C)C)CCCC1. The molecule has 18 heavy (non-hydrogen) atoms. The van der Waals surface area contributed by atoms with Crippen LogP contribution in [0.15, 0.2) is 0 Å². The van der Waals surface area contributed by atoms with Crippen LogP contribution in [0.1, 0.15) is 46.0 Å². The molecular formula is C14H29N3O. The Bertz CT molecular complexity index is 270. The van der Waals surface area contributed by atoms with Gasteiger partial charge in [-0.25, -0.2) is 0 Å². The number of carbonyl (C=O) groups excluding carboxylic acids is 1. The molecule has 0 saturated heterocycles. The molecule has 0 aliphatic heterocycles. The molecule has 0 bridgehead atoms. The smallest absolute Gasteiger partial charge is 0.236 e. The van der Waals surface area contributed by atoms with E-state index >= 15 is 0 Å². The number of nitrogens with two attached hydrogens (primary N) is 1. The third-order valence-corrected chi connectivity index (χ3v) is 4.14. The van der Waals surface area contributed by atoms with Gasteiger partial charge in [-0.05, 0) is 39.3 Å². The molecule has 0 aromatic rings. The van der Waals surface area contributed by atoms with Crippen molar-refractivity contribution in [3.63, 3.8) is 0 Å². The van der Waals surface area contributed by atoms with Crippen molar-refractivity contribution >= 4 is 5.91 Å². The van der Waals surface area contributed by atoms with Crippen LogP contribution in [0.25, 0.3) is 0 Å². The second-order valence-electron chi connectivity index (χ2n) is 6.28. The second-order valence-corrected chi connectivity index (χ2v) is 6.28. The van der Waals surface area contributed by atoms with Gasteiger partial charge in [0, 0.05) is 12.1 Å². The Balaban J connectivity index is 2.45. The Labute approximate surface area is 111 Å². The van der Waals surface area contributed by atoms with Crippen LogP contribution in [0.2, 0.25) is 0 Å². The molecule has 0 aromatic carbocycles. The Hall–Kier alpha value is -0.610. The fourth-order valence-electron chi connectivity index (χ4n) is 2.81. The van der Waals surface area contributed by atoms with Crippen molar-refractivity contribution in [3.8, 4) is 0 Å². The van der Waals surface area contributed by atoms with Gasteiger partial charge in [0.05, 0.1) is 6.04 Å². The van der Waals surface area contributed by atoms with Crippen molar-refractivity contribution in [1.82, 2.24) is 10.2 Å². The van der Waals surface area contributed by atoms with Crippen LogP contribution in [0.4, 0.5) is 0 Å². The van der Waals surface area contributed by atoms with E-state index in [1.807, 2.05) is 0 Å². The predicted molar refractivity (Wildman–Crippen MR) is 75.3 cm³/mol. The molecule has 4 nitrogen and oxygen atoms in total. The number of rotatable bonds is 6. The van der Waals surface area contributed by atoms with E-state index in [0.717, 1.165) is 13.0 Å². The van der Waals surface area contributed by atoms with Gasteiger partial charge in [-0.15, -0.1) is 0 Å². The quantitative estimate of drug-likeness (QED) is 0.753. The summed E-state index contributed by atoms with van der Waals surface area (Å²) >= 11 is 0. The maximum absolute atomic E-state index is 11.9. The summed E-state index contributed by atoms with van der Waals surface area (Å²) in [5.74, 6) is 0.455. The van der Waals surface area contributed by atoms with Crippen molar-refractivity contribution in [2.45, 2.75) is 57.5 Å². The molecule has 0 spiro atoms. The van der Waals surface area contributed by atoms with Crippen molar-refractivity contribution in [2.24, 2.45) is 11.7 Å². The first-order chi connectivity index (χ1) is 8.37. The number of nitrogens with one attached hydrogen (secondary N) is 1. The van der Waals surface area contributed by atoms with E-state index in [4.69, 9.17) is 5.73 Å². The average Bonchev–Trinajstić information content (AvgIpc) is 2.74. The fraction of sp³-hybridized carbons (Fsp3) is 0.929. The molecule has 1 amide bonds. The summed E-state index contributed by atoms with van der Waals surface area (Å²) < 4.78 is 0. The fourth-order valence-corrected chi connectivity index (χ4v) is 2.81. The van der Waals surface area contributed by atoms with Crippen LogP contribution in [0.3, 0.4) is 0 Å². The molecule has 0 aromatic heterocycles. The lowest BCUT2D eigenvalue weighted by Crippen LogP contribution is -2.53. The largest absolute Gasteiger partial charge is 0.353 e. The van der Waals surface area contributed by atoms with Crippen LogP contribution >= 0.6 is 0 Å². The molecule has 4 heteroatoms. The highest BCUT2D eigenvalue weighted by molar-refractivity contribution is 5.81. The number of hydrogen-bond donors (Lipinski definition) is 2. The van der Waals surface area contributed by atoms with E-state index in [9.17, 15) is 4.79 Å². The van der Waals surface area contributed by atoms with E-state index in [0.29, 0.717) is 5.92 Å². The van der Waals surface area contributed by atoms with Crippen LogP contribution in [-0.2, 0) is 4.79 Å². The molecule has 1 rings (SSSR count). The molecule has 1 aliphatic carbocycles. The summed E-state index contributed by atoms with van der Waals surface area (Å²) in [5.41, 5.74) is 6.04. The van der Waals surface area contributed by atoms with E-state index in [2.05, 4.69) is 38.2 Å². The average molecular weight is 255 g/mol. The highest BCUT2D eigenvalue weighted by Crippen LogP contribution is 2.33. The van der Waals surface area contributed by atoms with Gasteiger partial charge in [0.25, 0.3) is 0 Å². The van der Waals surface area contributed by atoms with Crippen molar-refractivity contribution < 1.29 is 4.79 Å². The van der Waals surface area contributed by atoms with Gasteiger partial charge in [-0.1, -0.05) is 26.7 Å². The minimum atomic E-state index is -0.370. The van der Waals surface area contributed by atoms with Gasteiger partial charge in [-0.3, -0.25) is 4.79 Å². The summed E-state index contributed by atoms with van der Waals surface area (Å²) in [6, 6.07) is -0.370. The zero-order valence-electron chi connectivity index (χ0n) is 12.3. The van der Waals surface area contributed by atoms with Gasteiger partial charge >= 0.3 is 0 Å². The Morgan fingerprint density at radius 3 is 2.33 bits per heavy atom. The standard InChI is InChI=1S/C14H29N3O/c1-11(2)9-12(15)13(18)16-10-14(17(3)4)7-5-6-8-14/h11-12H,5-10,15H2,1-4H3,(H,16,18)/t12-/m0/s1. The van der Waals surface area contributed by atoms with E-state index < -0.39 is 0 Å². The number of hydrogen-bond acceptors (Lipinski definition) is 3. The molecule has 3 N–H and O–H groups in total. The predicted octanol–water partition coefficient (Wildman–Crippen LogP) is 1.35. The van der Waals surface area contributed by atoms with Crippen molar-refractivity contribution in [2.75, 3.05) is 20.6 Å². The first-order valence-electron chi connectivity index (χ1n) is 7.08. The third kappa shape index (κ3) is 3.95. The summed E-state index contributed by atoms with van der Waals surface area (Å²) in [5, 5.41) is 3.05. The van der Waals surface area contributed by atoms with Gasteiger partial charge in [0.2, 0.25) is 5.91 Å². The maximum Gasteiger partial charge on any atom is 0.236 e. The van der Waals surface area contributed by atoms with Crippen LogP contribution < -0.4 is 11.1 Å². The molecular weight excluding hydrogens is 226 g/mol. The van der Waals surface area contributed by atoms with Crippen LogP contribution in [0.5, 0.6) is 0 Å². The summed E-state index contributed by atoms with van der Waals surface area (Å²) in [6.45, 7) is 4.90. The van der Waals surface area contributed by atoms with Gasteiger partial charge in [0.15, 0.2) is 0 Å². The third-order valence-electron chi connectivity index (χ3n) is 4.14. The summed E-state index contributed by atoms with van der Waals surface area (Å²) in [6.07, 6.45) is 5.60. The highest BCUT2D eigenvalue weighted by atomic mass is 16.2. The molecule has 1 atom stereocenters. The zero-order valence-corrected chi connectivity index (χ0v) is 12.3. The lowest BCUT2D eigenvalue weighted by atomic mass is 9.95. The van der Waals surface area contributed by atoms with E-state index in [-0.39, 0.29) is 17.5 Å². The number of likely N-dealkylation sites (N-methyl/N-ethyl adjacent to an activating group) is 1. The lowest BCUT2D eigenvalue weighted by molar-refractivity contribution is -0.123. The Morgan fingerprint density at radius 2 is 1.89 bits per heavy atom. The normalized spacial score (nSPS) is 20.4. The van der Waals surface area contributed by atoms with Crippen molar-refractivity contribution in [3.05, 3.63) is 0 Å². The topological polar surface area (TPSA) is 58.4 Å². The minimum absolute atomic E-state index is 0.00294. The maximum atomic E-state index is 11.9. The molecule has 1 aliphatic rings. The Kier molecular flexibility index (Phi) is 5.60. The van der Waals surface area contributed by atoms with Crippen LogP contribution in [0, 0.1) is 5.92 Å². The second kappa shape index (κ2) is 6.53. The summed E-state index contributed by atoms with van der Waals surface area (Å²) in [7, 11) is 4.21. The zero-order chi connectivity index (χ0) is 13.8. The molecule has 0 heterocycles. The van der Waals surface area contributed by atoms with Gasteiger partial charge in [0.1, 0.15) is 0 Å². The number of carbonyl (C=O) groups is 1. The molecule has 1 fully saturated rings. The van der Waals surface area contributed by atoms with Gasteiger partial charge < -0.3 is 16.0 Å². The number of amides is 1. The molecule has 1 saturated carbocycles. The highest BCUT2D eigenvalue weighted by Gasteiger charge is 2.36. The first-order valence-corrected chi connectivity index (χ1v) is 7.08. The van der Waals surface area contributed by atoms with E-state index in [1.54, 1.807) is 0 Å². The van der Waals surface area contributed by atoms with Gasteiger partial charge in [-0.2, -0.15) is 0 Å². The first kappa shape index (κ1) is 15.4. The molecule has 106 valence electrons. The lowest BCUT2D eigenvalue weighted by Gasteiger charge is -2.36. The van der Waals surface area contributed by atoms with E-state index in [1.165, 1.54) is 25.7 Å². The summed E-state index contributed by atoms with van der Waals surface area (Å²) in [4.78, 5) is 14.2. The molecule has 0 unspecified atom stereocenters. The minimum Gasteiger partial charge on any atom is -0.353 e.